The van der Waals surface area contributed by atoms with Crippen LogP contribution in [0.5, 0.6) is 5.75 Å². The molecule has 0 radical (unpaired) electrons. The highest BCUT2D eigenvalue weighted by Crippen LogP contribution is 2.26. The fourth-order valence-corrected chi connectivity index (χ4v) is 2.94. The molecule has 2 rings (SSSR count). The van der Waals surface area contributed by atoms with Crippen molar-refractivity contribution in [3.63, 3.8) is 0 Å². The molecule has 0 saturated carbocycles. The largest absolute Gasteiger partial charge is 0.486 e. The molecule has 0 spiro atoms. The summed E-state index contributed by atoms with van der Waals surface area (Å²) in [4.78, 5) is 0. The Bertz CT molecular complexity index is 707. The van der Waals surface area contributed by atoms with Crippen molar-refractivity contribution in [3.8, 4) is 5.75 Å². The fraction of sp³-hybridized carbons (Fsp3) is 0.200. The topological polar surface area (TPSA) is 43.4 Å². The van der Waals surface area contributed by atoms with Gasteiger partial charge in [-0.25, -0.2) is 12.8 Å². The molecule has 0 fully saturated rings. The summed E-state index contributed by atoms with van der Waals surface area (Å²) < 4.78 is 41.6. The molecule has 0 unspecified atom stereocenters. The van der Waals surface area contributed by atoms with Crippen molar-refractivity contribution in [2.75, 3.05) is 0 Å². The van der Waals surface area contributed by atoms with Crippen LogP contribution in [0.4, 0.5) is 4.39 Å². The first-order valence-corrected chi connectivity index (χ1v) is 8.71. The van der Waals surface area contributed by atoms with Crippen molar-refractivity contribution < 1.29 is 17.5 Å². The molecule has 0 N–H and O–H groups in total. The van der Waals surface area contributed by atoms with Gasteiger partial charge in [0.05, 0.1) is 5.75 Å². The molecule has 0 amide bonds. The third-order valence-electron chi connectivity index (χ3n) is 2.85. The van der Waals surface area contributed by atoms with Crippen LogP contribution in [-0.4, -0.2) is 8.42 Å². The minimum absolute atomic E-state index is 0.120. The minimum atomic E-state index is -3.71. The molecule has 21 heavy (non-hydrogen) atoms. The molecule has 0 aliphatic heterocycles. The van der Waals surface area contributed by atoms with E-state index in [1.807, 2.05) is 30.3 Å². The number of hydrogen-bond donors (Lipinski definition) is 0. The first kappa shape index (κ1) is 15.8. The maximum Gasteiger partial charge on any atom is 0.236 e. The lowest BCUT2D eigenvalue weighted by Crippen LogP contribution is -2.02. The number of rotatable bonds is 5. The molecule has 2 aromatic rings. The Morgan fingerprint density at radius 2 is 1.81 bits per heavy atom. The van der Waals surface area contributed by atoms with Crippen LogP contribution in [0, 0.1) is 12.7 Å². The van der Waals surface area contributed by atoms with Gasteiger partial charge in [0.15, 0.2) is 11.6 Å². The highest BCUT2D eigenvalue weighted by Gasteiger charge is 2.14. The predicted molar refractivity (Wildman–Crippen MR) is 80.4 cm³/mol. The van der Waals surface area contributed by atoms with Gasteiger partial charge in [-0.15, -0.1) is 0 Å². The van der Waals surface area contributed by atoms with Gasteiger partial charge in [0.25, 0.3) is 0 Å². The summed E-state index contributed by atoms with van der Waals surface area (Å²) in [5.41, 5.74) is 1.75. The molecule has 0 saturated heterocycles. The van der Waals surface area contributed by atoms with E-state index in [9.17, 15) is 12.8 Å². The van der Waals surface area contributed by atoms with E-state index in [0.29, 0.717) is 11.1 Å². The van der Waals surface area contributed by atoms with Crippen LogP contribution in [0.1, 0.15) is 16.7 Å². The molecular formula is C15H14ClFO3S. The quantitative estimate of drug-likeness (QED) is 0.784. The number of benzene rings is 2. The predicted octanol–water partition coefficient (Wildman–Crippen LogP) is 3.78. The zero-order valence-corrected chi connectivity index (χ0v) is 12.9. The molecule has 0 aliphatic rings. The third kappa shape index (κ3) is 4.72. The van der Waals surface area contributed by atoms with Crippen molar-refractivity contribution in [2.24, 2.45) is 0 Å². The van der Waals surface area contributed by atoms with Gasteiger partial charge in [0, 0.05) is 10.7 Å². The molecule has 112 valence electrons. The monoisotopic (exact) mass is 328 g/mol. The van der Waals surface area contributed by atoms with Gasteiger partial charge in [-0.05, 0) is 29.7 Å². The Hall–Kier alpha value is -1.59. The summed E-state index contributed by atoms with van der Waals surface area (Å²) in [6, 6.07) is 12.1. The first-order valence-electron chi connectivity index (χ1n) is 6.23. The molecule has 0 bridgehead atoms. The normalized spacial score (nSPS) is 11.4. The lowest BCUT2D eigenvalue weighted by molar-refractivity contribution is 0.288. The summed E-state index contributed by atoms with van der Waals surface area (Å²) in [6.45, 7) is 1.90. The SMILES string of the molecule is Cc1cc(CS(=O)(=O)Cl)cc(F)c1OCc1ccccc1. The summed E-state index contributed by atoms with van der Waals surface area (Å²) in [5.74, 6) is -0.888. The zero-order valence-electron chi connectivity index (χ0n) is 11.3. The van der Waals surface area contributed by atoms with E-state index in [0.717, 1.165) is 11.6 Å². The van der Waals surface area contributed by atoms with Gasteiger partial charge in [-0.3, -0.25) is 0 Å². The second-order valence-corrected chi connectivity index (χ2v) is 7.46. The number of halogens is 2. The van der Waals surface area contributed by atoms with Gasteiger partial charge >= 0.3 is 0 Å². The molecule has 6 heteroatoms. The van der Waals surface area contributed by atoms with Gasteiger partial charge in [-0.2, -0.15) is 0 Å². The average Bonchev–Trinajstić information content (AvgIpc) is 2.37. The van der Waals surface area contributed by atoms with Crippen LogP contribution in [0.25, 0.3) is 0 Å². The Labute approximate surface area is 127 Å². The van der Waals surface area contributed by atoms with E-state index in [-0.39, 0.29) is 12.4 Å². The van der Waals surface area contributed by atoms with Gasteiger partial charge in [-0.1, -0.05) is 36.4 Å². The second kappa shape index (κ2) is 6.45. The highest BCUT2D eigenvalue weighted by atomic mass is 35.7. The number of hydrogen-bond acceptors (Lipinski definition) is 3. The summed E-state index contributed by atoms with van der Waals surface area (Å²) >= 11 is 0. The smallest absolute Gasteiger partial charge is 0.236 e. The molecule has 0 atom stereocenters. The van der Waals surface area contributed by atoms with E-state index in [4.69, 9.17) is 15.4 Å². The average molecular weight is 329 g/mol. The van der Waals surface area contributed by atoms with Crippen LogP contribution < -0.4 is 4.74 Å². The highest BCUT2D eigenvalue weighted by molar-refractivity contribution is 8.13. The minimum Gasteiger partial charge on any atom is -0.486 e. The van der Waals surface area contributed by atoms with Crippen LogP contribution in [-0.2, 0) is 21.4 Å². The summed E-state index contributed by atoms with van der Waals surface area (Å²) in [7, 11) is 1.46. The van der Waals surface area contributed by atoms with Crippen molar-refractivity contribution in [1.29, 1.82) is 0 Å². The number of aryl methyl sites for hydroxylation is 1. The zero-order chi connectivity index (χ0) is 15.5. The van der Waals surface area contributed by atoms with Crippen molar-refractivity contribution >= 4 is 19.7 Å². The Morgan fingerprint density at radius 1 is 1.14 bits per heavy atom. The molecule has 0 aliphatic carbocycles. The first-order chi connectivity index (χ1) is 9.85. The van der Waals surface area contributed by atoms with Gasteiger partial charge < -0.3 is 4.74 Å². The van der Waals surface area contributed by atoms with Crippen LogP contribution in [0.15, 0.2) is 42.5 Å². The molecular weight excluding hydrogens is 315 g/mol. The molecule has 0 aromatic heterocycles. The van der Waals surface area contributed by atoms with Gasteiger partial charge in [0.2, 0.25) is 9.05 Å². The summed E-state index contributed by atoms with van der Waals surface area (Å²) in [6.07, 6.45) is 0. The van der Waals surface area contributed by atoms with Gasteiger partial charge in [0.1, 0.15) is 6.61 Å². The Morgan fingerprint density at radius 3 is 2.38 bits per heavy atom. The lowest BCUT2D eigenvalue weighted by Gasteiger charge is -2.12. The van der Waals surface area contributed by atoms with E-state index < -0.39 is 20.6 Å². The third-order valence-corrected chi connectivity index (χ3v) is 3.86. The molecule has 2 aromatic carbocycles. The van der Waals surface area contributed by atoms with Crippen LogP contribution in [0.3, 0.4) is 0 Å². The lowest BCUT2D eigenvalue weighted by atomic mass is 10.1. The van der Waals surface area contributed by atoms with E-state index >= 15 is 0 Å². The fourth-order valence-electron chi connectivity index (χ4n) is 2.00. The van der Waals surface area contributed by atoms with E-state index in [1.54, 1.807) is 13.0 Å². The Balaban J connectivity index is 2.17. The Kier molecular flexibility index (Phi) is 4.85. The molecule has 0 heterocycles. The van der Waals surface area contributed by atoms with Crippen molar-refractivity contribution in [1.82, 2.24) is 0 Å². The standard InChI is InChI=1S/C15H14ClFO3S/c1-11-7-13(10-21(16,18)19)8-14(17)15(11)20-9-12-5-3-2-4-6-12/h2-8H,9-10H2,1H3. The van der Waals surface area contributed by atoms with Crippen LogP contribution >= 0.6 is 10.7 Å². The summed E-state index contributed by atoms with van der Waals surface area (Å²) in [5, 5.41) is 0. The van der Waals surface area contributed by atoms with Crippen molar-refractivity contribution in [2.45, 2.75) is 19.3 Å². The van der Waals surface area contributed by atoms with E-state index in [2.05, 4.69) is 0 Å². The number of ether oxygens (including phenoxy) is 1. The van der Waals surface area contributed by atoms with E-state index in [1.165, 1.54) is 0 Å². The maximum atomic E-state index is 14.0. The van der Waals surface area contributed by atoms with Crippen LogP contribution in [0.2, 0.25) is 0 Å². The maximum absolute atomic E-state index is 14.0. The second-order valence-electron chi connectivity index (χ2n) is 4.68. The molecule has 3 nitrogen and oxygen atoms in total. The van der Waals surface area contributed by atoms with Crippen molar-refractivity contribution in [3.05, 3.63) is 65.0 Å².